The fraction of sp³-hybridized carbons (Fsp3) is 0.400. The molecule has 0 aliphatic heterocycles. The van der Waals surface area contributed by atoms with Crippen LogP contribution in [0.2, 0.25) is 0 Å². The molecule has 82 valence electrons. The lowest BCUT2D eigenvalue weighted by Gasteiger charge is -2.19. The van der Waals surface area contributed by atoms with Gasteiger partial charge in [-0.1, -0.05) is 0 Å². The molecule has 0 amide bonds. The van der Waals surface area contributed by atoms with Crippen molar-refractivity contribution in [1.82, 2.24) is 4.98 Å². The predicted octanol–water partition coefficient (Wildman–Crippen LogP) is 2.94. The summed E-state index contributed by atoms with van der Waals surface area (Å²) in [5, 5.41) is 0. The Bertz CT molecular complexity index is 367. The Balaban J connectivity index is 3.02. The van der Waals surface area contributed by atoms with E-state index in [2.05, 4.69) is 20.9 Å². The maximum absolute atomic E-state index is 13.3. The molecule has 1 aromatic heterocycles. The summed E-state index contributed by atoms with van der Waals surface area (Å²) in [5.74, 6) is -1.37. The van der Waals surface area contributed by atoms with Gasteiger partial charge in [-0.05, 0) is 42.8 Å². The smallest absolute Gasteiger partial charge is 0.344 e. The Labute approximate surface area is 95.8 Å². The molecule has 0 fully saturated rings. The van der Waals surface area contributed by atoms with Crippen LogP contribution in [0.1, 0.15) is 31.1 Å². The highest BCUT2D eigenvalue weighted by atomic mass is 79.9. The van der Waals surface area contributed by atoms with E-state index in [1.54, 1.807) is 20.8 Å². The van der Waals surface area contributed by atoms with Crippen molar-refractivity contribution in [3.8, 4) is 0 Å². The van der Waals surface area contributed by atoms with Crippen molar-refractivity contribution in [2.45, 2.75) is 26.4 Å². The molecule has 0 spiro atoms. The van der Waals surface area contributed by atoms with Crippen molar-refractivity contribution in [2.75, 3.05) is 0 Å². The van der Waals surface area contributed by atoms with Crippen molar-refractivity contribution in [3.05, 3.63) is 28.2 Å². The fourth-order valence-electron chi connectivity index (χ4n) is 0.925. The van der Waals surface area contributed by atoms with Crippen LogP contribution in [-0.2, 0) is 4.74 Å². The number of pyridine rings is 1. The van der Waals surface area contributed by atoms with Crippen molar-refractivity contribution in [1.29, 1.82) is 0 Å². The highest BCUT2D eigenvalue weighted by Gasteiger charge is 2.23. The Morgan fingerprint density at radius 3 is 2.60 bits per heavy atom. The third-order valence-electron chi connectivity index (χ3n) is 1.46. The van der Waals surface area contributed by atoms with Crippen LogP contribution < -0.4 is 0 Å². The van der Waals surface area contributed by atoms with E-state index in [-0.39, 0.29) is 10.2 Å². The number of carbonyl (C=O) groups excluding carboxylic acids is 1. The second-order valence-corrected chi connectivity index (χ2v) is 4.71. The molecule has 1 aromatic rings. The molecule has 3 nitrogen and oxygen atoms in total. The van der Waals surface area contributed by atoms with Gasteiger partial charge in [0.05, 0.1) is 0 Å². The molecule has 0 atom stereocenters. The maximum atomic E-state index is 13.3. The highest BCUT2D eigenvalue weighted by molar-refractivity contribution is 9.10. The van der Waals surface area contributed by atoms with Crippen LogP contribution in [0, 0.1) is 5.82 Å². The molecule has 0 saturated heterocycles. The molecule has 1 heterocycles. The monoisotopic (exact) mass is 275 g/mol. The summed E-state index contributed by atoms with van der Waals surface area (Å²) in [5.41, 5.74) is -0.828. The van der Waals surface area contributed by atoms with Crippen LogP contribution >= 0.6 is 15.9 Å². The van der Waals surface area contributed by atoms with Gasteiger partial charge in [0.1, 0.15) is 21.6 Å². The first kappa shape index (κ1) is 12.1. The van der Waals surface area contributed by atoms with Crippen LogP contribution in [0.4, 0.5) is 4.39 Å². The summed E-state index contributed by atoms with van der Waals surface area (Å²) in [6.07, 6.45) is 1.27. The van der Waals surface area contributed by atoms with Gasteiger partial charge in [0.2, 0.25) is 0 Å². The zero-order valence-electron chi connectivity index (χ0n) is 8.67. The van der Waals surface area contributed by atoms with Gasteiger partial charge in [0, 0.05) is 6.20 Å². The number of halogens is 2. The van der Waals surface area contributed by atoms with E-state index >= 15 is 0 Å². The average Bonchev–Trinajstić information content (AvgIpc) is 1.99. The molecule has 5 heteroatoms. The van der Waals surface area contributed by atoms with Gasteiger partial charge in [-0.25, -0.2) is 14.2 Å². The number of aromatic nitrogens is 1. The minimum atomic E-state index is -0.722. The van der Waals surface area contributed by atoms with Gasteiger partial charge in [-0.3, -0.25) is 0 Å². The lowest BCUT2D eigenvalue weighted by atomic mass is 10.2. The average molecular weight is 276 g/mol. The first-order valence-corrected chi connectivity index (χ1v) is 5.14. The second-order valence-electron chi connectivity index (χ2n) is 3.96. The maximum Gasteiger partial charge on any atom is 0.344 e. The molecule has 15 heavy (non-hydrogen) atoms. The highest BCUT2D eigenvalue weighted by Crippen LogP contribution is 2.20. The Hall–Kier alpha value is -0.970. The number of ether oxygens (including phenoxy) is 1. The molecular weight excluding hydrogens is 265 g/mol. The van der Waals surface area contributed by atoms with Crippen LogP contribution in [-0.4, -0.2) is 16.6 Å². The Morgan fingerprint density at radius 2 is 2.13 bits per heavy atom. The van der Waals surface area contributed by atoms with Crippen molar-refractivity contribution < 1.29 is 13.9 Å². The van der Waals surface area contributed by atoms with E-state index in [9.17, 15) is 9.18 Å². The molecule has 0 aromatic carbocycles. The molecule has 0 aliphatic rings. The van der Waals surface area contributed by atoms with Crippen molar-refractivity contribution in [2.24, 2.45) is 0 Å². The normalized spacial score (nSPS) is 11.3. The standard InChI is InChI=1S/C10H11BrFNO2/c1-10(2,3)15-9(14)7-6(12)4-5-13-8(7)11/h4-5H,1-3H3. The van der Waals surface area contributed by atoms with E-state index in [0.717, 1.165) is 6.07 Å². The summed E-state index contributed by atoms with van der Waals surface area (Å²) >= 11 is 3.00. The summed E-state index contributed by atoms with van der Waals surface area (Å²) in [6.45, 7) is 5.15. The number of nitrogens with zero attached hydrogens (tertiary/aromatic N) is 1. The van der Waals surface area contributed by atoms with Crippen LogP contribution in [0.5, 0.6) is 0 Å². The number of esters is 1. The topological polar surface area (TPSA) is 39.2 Å². The zero-order valence-corrected chi connectivity index (χ0v) is 10.3. The Morgan fingerprint density at radius 1 is 1.53 bits per heavy atom. The quantitative estimate of drug-likeness (QED) is 0.584. The second kappa shape index (κ2) is 4.26. The van der Waals surface area contributed by atoms with E-state index in [4.69, 9.17) is 4.74 Å². The molecule has 1 rings (SSSR count). The van der Waals surface area contributed by atoms with Gasteiger partial charge in [-0.15, -0.1) is 0 Å². The van der Waals surface area contributed by atoms with Gasteiger partial charge in [-0.2, -0.15) is 0 Å². The van der Waals surface area contributed by atoms with E-state index in [1.165, 1.54) is 6.20 Å². The van der Waals surface area contributed by atoms with Crippen LogP contribution in [0.3, 0.4) is 0 Å². The third-order valence-corrected chi connectivity index (χ3v) is 2.06. The van der Waals surface area contributed by atoms with Crippen LogP contribution in [0.25, 0.3) is 0 Å². The molecule has 0 radical (unpaired) electrons. The van der Waals surface area contributed by atoms with Gasteiger partial charge >= 0.3 is 5.97 Å². The van der Waals surface area contributed by atoms with E-state index in [1.807, 2.05) is 0 Å². The molecule has 0 saturated carbocycles. The fourth-order valence-corrected chi connectivity index (χ4v) is 1.39. The largest absolute Gasteiger partial charge is 0.456 e. The first-order chi connectivity index (χ1) is 6.81. The van der Waals surface area contributed by atoms with Gasteiger partial charge in [0.15, 0.2) is 0 Å². The minimum absolute atomic E-state index is 0.150. The molecule has 0 unspecified atom stereocenters. The Kier molecular flexibility index (Phi) is 3.44. The summed E-state index contributed by atoms with van der Waals surface area (Å²) in [7, 11) is 0. The lowest BCUT2D eigenvalue weighted by Crippen LogP contribution is -2.24. The number of rotatable bonds is 1. The SMILES string of the molecule is CC(C)(C)OC(=O)c1c(F)ccnc1Br. The van der Waals surface area contributed by atoms with Crippen LogP contribution in [0.15, 0.2) is 16.9 Å². The number of hydrogen-bond acceptors (Lipinski definition) is 3. The van der Waals surface area contributed by atoms with Gasteiger partial charge in [0.25, 0.3) is 0 Å². The summed E-state index contributed by atoms with van der Waals surface area (Å²) in [4.78, 5) is 15.3. The third kappa shape index (κ3) is 3.27. The van der Waals surface area contributed by atoms with Crippen molar-refractivity contribution in [3.63, 3.8) is 0 Å². The van der Waals surface area contributed by atoms with Gasteiger partial charge < -0.3 is 4.74 Å². The van der Waals surface area contributed by atoms with E-state index in [0.29, 0.717) is 0 Å². The van der Waals surface area contributed by atoms with E-state index < -0.39 is 17.4 Å². The number of hydrogen-bond donors (Lipinski definition) is 0. The first-order valence-electron chi connectivity index (χ1n) is 4.34. The number of carbonyl (C=O) groups is 1. The lowest BCUT2D eigenvalue weighted by molar-refractivity contribution is 0.00630. The van der Waals surface area contributed by atoms with Crippen molar-refractivity contribution >= 4 is 21.9 Å². The molecule has 0 aliphatic carbocycles. The summed E-state index contributed by atoms with van der Waals surface area (Å²) < 4.78 is 18.5. The predicted molar refractivity (Wildman–Crippen MR) is 57.1 cm³/mol. The molecule has 0 bridgehead atoms. The summed E-state index contributed by atoms with van der Waals surface area (Å²) in [6, 6.07) is 1.12. The zero-order chi connectivity index (χ0) is 11.6. The minimum Gasteiger partial charge on any atom is -0.456 e. The molecule has 0 N–H and O–H groups in total. The molecular formula is C10H11BrFNO2.